The van der Waals surface area contributed by atoms with Crippen molar-refractivity contribution in [1.29, 1.82) is 0 Å². The van der Waals surface area contributed by atoms with Gasteiger partial charge in [0.2, 0.25) is 5.89 Å². The number of rotatable bonds is 3. The highest BCUT2D eigenvalue weighted by atomic mass is 19.4. The summed E-state index contributed by atoms with van der Waals surface area (Å²) in [4.78, 5) is 4.00. The van der Waals surface area contributed by atoms with Gasteiger partial charge < -0.3 is 9.84 Å². The Hall–Kier alpha value is -1.11. The van der Waals surface area contributed by atoms with Crippen molar-refractivity contribution in [3.63, 3.8) is 0 Å². The number of aryl methyl sites for hydroxylation is 1. The van der Waals surface area contributed by atoms with Crippen LogP contribution in [0.3, 0.4) is 0 Å². The Morgan fingerprint density at radius 3 is 2.82 bits per heavy atom. The lowest BCUT2D eigenvalue weighted by molar-refractivity contribution is -0.134. The van der Waals surface area contributed by atoms with Crippen LogP contribution in [0.15, 0.2) is 4.52 Å². The van der Waals surface area contributed by atoms with E-state index in [9.17, 15) is 13.2 Å². The molecule has 1 aromatic heterocycles. The van der Waals surface area contributed by atoms with E-state index in [1.54, 1.807) is 0 Å². The standard InChI is InChI=1S/C10H14F3N3O/c11-10(12,13)5-4-8-15-9(17-16-8)7-3-1-2-6-14-7/h7,14H,1-6H2. The Morgan fingerprint density at radius 2 is 2.18 bits per heavy atom. The van der Waals surface area contributed by atoms with Gasteiger partial charge in [-0.1, -0.05) is 11.6 Å². The van der Waals surface area contributed by atoms with Crippen LogP contribution in [0.1, 0.15) is 43.4 Å². The van der Waals surface area contributed by atoms with E-state index < -0.39 is 12.6 Å². The van der Waals surface area contributed by atoms with Crippen molar-refractivity contribution < 1.29 is 17.7 Å². The lowest BCUT2D eigenvalue weighted by atomic mass is 10.1. The van der Waals surface area contributed by atoms with Crippen LogP contribution in [-0.4, -0.2) is 22.9 Å². The predicted octanol–water partition coefficient (Wildman–Crippen LogP) is 2.38. The zero-order valence-electron chi connectivity index (χ0n) is 9.26. The third-order valence-electron chi connectivity index (χ3n) is 2.72. The first-order valence-electron chi connectivity index (χ1n) is 5.67. The van der Waals surface area contributed by atoms with E-state index >= 15 is 0 Å². The summed E-state index contributed by atoms with van der Waals surface area (Å²) in [5, 5.41) is 6.77. The minimum absolute atomic E-state index is 0.00381. The molecule has 1 atom stereocenters. The molecule has 17 heavy (non-hydrogen) atoms. The topological polar surface area (TPSA) is 51.0 Å². The first-order valence-corrected chi connectivity index (χ1v) is 5.67. The summed E-state index contributed by atoms with van der Waals surface area (Å²) >= 11 is 0. The number of nitrogens with zero attached hydrogens (tertiary/aromatic N) is 2. The fourth-order valence-electron chi connectivity index (χ4n) is 1.83. The molecule has 4 nitrogen and oxygen atoms in total. The molecule has 96 valence electrons. The van der Waals surface area contributed by atoms with Gasteiger partial charge in [0, 0.05) is 6.42 Å². The Bertz CT molecular complexity index is 358. The minimum Gasteiger partial charge on any atom is -0.338 e. The molecule has 0 spiro atoms. The molecule has 2 heterocycles. The van der Waals surface area contributed by atoms with Crippen LogP contribution in [0.4, 0.5) is 13.2 Å². The van der Waals surface area contributed by atoms with Gasteiger partial charge in [-0.3, -0.25) is 0 Å². The average molecular weight is 249 g/mol. The molecule has 0 aliphatic carbocycles. The first kappa shape index (κ1) is 12.3. The maximum Gasteiger partial charge on any atom is 0.389 e. The SMILES string of the molecule is FC(F)(F)CCc1noc(C2CCCCN2)n1. The fourth-order valence-corrected chi connectivity index (χ4v) is 1.83. The van der Waals surface area contributed by atoms with Gasteiger partial charge in [0.15, 0.2) is 5.82 Å². The number of alkyl halides is 3. The summed E-state index contributed by atoms with van der Waals surface area (Å²) in [6, 6.07) is -0.00381. The molecule has 0 amide bonds. The second-order valence-corrected chi connectivity index (χ2v) is 4.17. The molecule has 0 aromatic carbocycles. The molecule has 1 aliphatic rings. The van der Waals surface area contributed by atoms with E-state index in [1.807, 2.05) is 0 Å². The van der Waals surface area contributed by atoms with Gasteiger partial charge in [-0.25, -0.2) is 0 Å². The van der Waals surface area contributed by atoms with E-state index in [0.29, 0.717) is 5.89 Å². The average Bonchev–Trinajstić information content (AvgIpc) is 2.75. The number of aromatic nitrogens is 2. The van der Waals surface area contributed by atoms with Gasteiger partial charge >= 0.3 is 6.18 Å². The zero-order valence-corrected chi connectivity index (χ0v) is 9.26. The predicted molar refractivity (Wildman–Crippen MR) is 53.3 cm³/mol. The van der Waals surface area contributed by atoms with Crippen molar-refractivity contribution >= 4 is 0 Å². The molecule has 7 heteroatoms. The number of hydrogen-bond donors (Lipinski definition) is 1. The summed E-state index contributed by atoms with van der Waals surface area (Å²) in [6.45, 7) is 0.880. The number of halogens is 3. The van der Waals surface area contributed by atoms with Crippen LogP contribution in [0.25, 0.3) is 0 Å². The van der Waals surface area contributed by atoms with Gasteiger partial charge in [-0.05, 0) is 19.4 Å². The van der Waals surface area contributed by atoms with Crippen molar-refractivity contribution in [3.8, 4) is 0 Å². The summed E-state index contributed by atoms with van der Waals surface area (Å²) in [6.07, 6.45) is -2.25. The van der Waals surface area contributed by atoms with Crippen molar-refractivity contribution in [2.45, 2.75) is 44.3 Å². The minimum atomic E-state index is -4.18. The van der Waals surface area contributed by atoms with Gasteiger partial charge in [-0.2, -0.15) is 18.2 Å². The van der Waals surface area contributed by atoms with Crippen molar-refractivity contribution in [2.75, 3.05) is 6.54 Å². The lowest BCUT2D eigenvalue weighted by Crippen LogP contribution is -2.27. The molecule has 0 saturated carbocycles. The molecule has 2 rings (SSSR count). The third kappa shape index (κ3) is 3.69. The normalized spacial score (nSPS) is 21.7. The van der Waals surface area contributed by atoms with E-state index in [1.165, 1.54) is 0 Å². The molecule has 1 N–H and O–H groups in total. The van der Waals surface area contributed by atoms with Crippen LogP contribution in [0.5, 0.6) is 0 Å². The van der Waals surface area contributed by atoms with Gasteiger partial charge in [0.1, 0.15) is 0 Å². The Balaban J connectivity index is 1.91. The largest absolute Gasteiger partial charge is 0.389 e. The highest BCUT2D eigenvalue weighted by Crippen LogP contribution is 2.23. The molecule has 0 radical (unpaired) electrons. The van der Waals surface area contributed by atoms with Gasteiger partial charge in [0.05, 0.1) is 12.5 Å². The maximum absolute atomic E-state index is 12.0. The molecule has 1 unspecified atom stereocenters. The maximum atomic E-state index is 12.0. The molecule has 1 aliphatic heterocycles. The molecule has 1 fully saturated rings. The smallest absolute Gasteiger partial charge is 0.338 e. The van der Waals surface area contributed by atoms with Crippen LogP contribution in [-0.2, 0) is 6.42 Å². The Morgan fingerprint density at radius 1 is 1.35 bits per heavy atom. The first-order chi connectivity index (χ1) is 8.04. The lowest BCUT2D eigenvalue weighted by Gasteiger charge is -2.19. The van der Waals surface area contributed by atoms with Gasteiger partial charge in [0.25, 0.3) is 0 Å². The zero-order chi connectivity index (χ0) is 12.3. The van der Waals surface area contributed by atoms with E-state index in [2.05, 4.69) is 15.5 Å². The summed E-state index contributed by atoms with van der Waals surface area (Å²) in [7, 11) is 0. The van der Waals surface area contributed by atoms with Crippen molar-refractivity contribution in [1.82, 2.24) is 15.5 Å². The molecular formula is C10H14F3N3O. The van der Waals surface area contributed by atoms with Crippen LogP contribution in [0.2, 0.25) is 0 Å². The highest BCUT2D eigenvalue weighted by molar-refractivity contribution is 4.94. The monoisotopic (exact) mass is 249 g/mol. The number of nitrogens with one attached hydrogen (secondary N) is 1. The molecule has 1 aromatic rings. The van der Waals surface area contributed by atoms with Gasteiger partial charge in [-0.15, -0.1) is 0 Å². The summed E-state index contributed by atoms with van der Waals surface area (Å²) < 4.78 is 41.0. The Kier molecular flexibility index (Phi) is 3.66. The number of piperidine rings is 1. The highest BCUT2D eigenvalue weighted by Gasteiger charge is 2.28. The molecular weight excluding hydrogens is 235 g/mol. The van der Waals surface area contributed by atoms with Crippen molar-refractivity contribution in [3.05, 3.63) is 11.7 Å². The second-order valence-electron chi connectivity index (χ2n) is 4.17. The fraction of sp³-hybridized carbons (Fsp3) is 0.800. The second kappa shape index (κ2) is 5.03. The molecule has 1 saturated heterocycles. The quantitative estimate of drug-likeness (QED) is 0.893. The molecule has 0 bridgehead atoms. The van der Waals surface area contributed by atoms with Crippen LogP contribution >= 0.6 is 0 Å². The van der Waals surface area contributed by atoms with Crippen LogP contribution in [0, 0.1) is 0 Å². The summed E-state index contributed by atoms with van der Waals surface area (Å²) in [5.74, 6) is 0.534. The van der Waals surface area contributed by atoms with E-state index in [-0.39, 0.29) is 18.3 Å². The van der Waals surface area contributed by atoms with E-state index in [4.69, 9.17) is 4.52 Å². The Labute approximate surface area is 96.6 Å². The van der Waals surface area contributed by atoms with E-state index in [0.717, 1.165) is 25.8 Å². The van der Waals surface area contributed by atoms with Crippen LogP contribution < -0.4 is 5.32 Å². The summed E-state index contributed by atoms with van der Waals surface area (Å²) in [5.41, 5.74) is 0. The number of hydrogen-bond acceptors (Lipinski definition) is 4. The third-order valence-corrected chi connectivity index (χ3v) is 2.72. The van der Waals surface area contributed by atoms with Crippen molar-refractivity contribution in [2.24, 2.45) is 0 Å².